The molecule has 1 aromatic carbocycles. The van der Waals surface area contributed by atoms with Crippen LogP contribution in [-0.2, 0) is 11.2 Å². The average molecular weight is 347 g/mol. The Morgan fingerprint density at radius 2 is 1.88 bits per heavy atom. The van der Waals surface area contributed by atoms with Crippen molar-refractivity contribution in [2.75, 3.05) is 0 Å². The molecule has 5 heteroatoms. The quantitative estimate of drug-likeness (QED) is 0.828. The third-order valence-electron chi connectivity index (χ3n) is 4.58. The van der Waals surface area contributed by atoms with Crippen molar-refractivity contribution in [3.63, 3.8) is 0 Å². The van der Waals surface area contributed by atoms with Gasteiger partial charge in [-0.3, -0.25) is 0 Å². The standard InChI is InChI=1S/C20H29NO4/c1-20(2,3)25-19(24)21-17-11-9-14(10-12-17)7-8-15-5-4-6-16(13-15)18(22)23/h4-6,13-14,17H,7-12H2,1-3H3,(H,21,24)(H,22,23). The van der Waals surface area contributed by atoms with Crippen LogP contribution in [-0.4, -0.2) is 28.8 Å². The van der Waals surface area contributed by atoms with Gasteiger partial charge in [0.05, 0.1) is 5.56 Å². The van der Waals surface area contributed by atoms with Crippen molar-refractivity contribution in [1.29, 1.82) is 0 Å². The largest absolute Gasteiger partial charge is 0.478 e. The van der Waals surface area contributed by atoms with Crippen molar-refractivity contribution in [3.05, 3.63) is 35.4 Å². The van der Waals surface area contributed by atoms with E-state index in [1.165, 1.54) is 0 Å². The molecule has 1 saturated carbocycles. The molecule has 0 atom stereocenters. The maximum Gasteiger partial charge on any atom is 0.407 e. The number of carboxylic acids is 1. The number of carbonyl (C=O) groups excluding carboxylic acids is 1. The van der Waals surface area contributed by atoms with Gasteiger partial charge in [-0.2, -0.15) is 0 Å². The van der Waals surface area contributed by atoms with E-state index in [1.54, 1.807) is 18.2 Å². The fourth-order valence-corrected chi connectivity index (χ4v) is 3.30. The molecule has 1 fully saturated rings. The number of carbonyl (C=O) groups is 2. The molecule has 5 nitrogen and oxygen atoms in total. The molecule has 1 aliphatic rings. The number of aryl methyl sites for hydroxylation is 1. The predicted octanol–water partition coefficient (Wildman–Crippen LogP) is 4.40. The van der Waals surface area contributed by atoms with E-state index in [0.717, 1.165) is 44.1 Å². The lowest BCUT2D eigenvalue weighted by Crippen LogP contribution is -2.40. The Morgan fingerprint density at radius 1 is 1.20 bits per heavy atom. The molecule has 0 saturated heterocycles. The van der Waals surface area contributed by atoms with Crippen LogP contribution in [0.2, 0.25) is 0 Å². The van der Waals surface area contributed by atoms with Gasteiger partial charge in [0.1, 0.15) is 5.60 Å². The number of carboxylic acid groups (broad SMARTS) is 1. The highest BCUT2D eigenvalue weighted by atomic mass is 16.6. The van der Waals surface area contributed by atoms with Crippen LogP contribution < -0.4 is 5.32 Å². The van der Waals surface area contributed by atoms with Gasteiger partial charge in [0, 0.05) is 6.04 Å². The highest BCUT2D eigenvalue weighted by molar-refractivity contribution is 5.87. The Hall–Kier alpha value is -2.04. The molecule has 0 aromatic heterocycles. The molecule has 1 aromatic rings. The summed E-state index contributed by atoms with van der Waals surface area (Å²) in [5, 5.41) is 12.0. The highest BCUT2D eigenvalue weighted by Crippen LogP contribution is 2.28. The average Bonchev–Trinajstić information content (AvgIpc) is 2.52. The first-order valence-corrected chi connectivity index (χ1v) is 9.04. The van der Waals surface area contributed by atoms with Gasteiger partial charge >= 0.3 is 12.1 Å². The molecule has 1 amide bonds. The lowest BCUT2D eigenvalue weighted by atomic mass is 9.82. The fraction of sp³-hybridized carbons (Fsp3) is 0.600. The summed E-state index contributed by atoms with van der Waals surface area (Å²) in [5.74, 6) is -0.249. The third kappa shape index (κ3) is 6.77. The Kier molecular flexibility index (Phi) is 6.45. The molecule has 0 aliphatic heterocycles. The summed E-state index contributed by atoms with van der Waals surface area (Å²) in [6.45, 7) is 5.59. The van der Waals surface area contributed by atoms with E-state index in [9.17, 15) is 9.59 Å². The van der Waals surface area contributed by atoms with Gasteiger partial charge in [-0.15, -0.1) is 0 Å². The van der Waals surface area contributed by atoms with E-state index < -0.39 is 11.6 Å². The molecule has 0 unspecified atom stereocenters. The zero-order valence-corrected chi connectivity index (χ0v) is 15.4. The summed E-state index contributed by atoms with van der Waals surface area (Å²) < 4.78 is 5.31. The predicted molar refractivity (Wildman–Crippen MR) is 96.8 cm³/mol. The minimum Gasteiger partial charge on any atom is -0.478 e. The van der Waals surface area contributed by atoms with Gasteiger partial charge in [0.2, 0.25) is 0 Å². The number of rotatable bonds is 5. The third-order valence-corrected chi connectivity index (χ3v) is 4.58. The van der Waals surface area contributed by atoms with Gasteiger partial charge in [-0.1, -0.05) is 12.1 Å². The summed E-state index contributed by atoms with van der Waals surface area (Å²) in [5.41, 5.74) is 0.961. The van der Waals surface area contributed by atoms with Gasteiger partial charge < -0.3 is 15.2 Å². The van der Waals surface area contributed by atoms with Crippen molar-refractivity contribution >= 4 is 12.1 Å². The molecule has 0 heterocycles. The number of hydrogen-bond acceptors (Lipinski definition) is 3. The Labute approximate surface area is 149 Å². The SMILES string of the molecule is CC(C)(C)OC(=O)NC1CCC(CCc2cccc(C(=O)O)c2)CC1. The highest BCUT2D eigenvalue weighted by Gasteiger charge is 2.24. The Balaban J connectivity index is 1.73. The maximum absolute atomic E-state index is 11.8. The van der Waals surface area contributed by atoms with Crippen molar-refractivity contribution in [2.45, 2.75) is 70.9 Å². The number of benzene rings is 1. The van der Waals surface area contributed by atoms with Crippen molar-refractivity contribution in [2.24, 2.45) is 5.92 Å². The summed E-state index contributed by atoms with van der Waals surface area (Å²) in [6.07, 6.45) is 5.73. The number of ether oxygens (including phenoxy) is 1. The zero-order chi connectivity index (χ0) is 18.4. The Bertz CT molecular complexity index is 598. The van der Waals surface area contributed by atoms with Gasteiger partial charge in [-0.25, -0.2) is 9.59 Å². The summed E-state index contributed by atoms with van der Waals surface area (Å²) >= 11 is 0. The first kappa shape index (κ1) is 19.3. The number of aromatic carboxylic acids is 1. The lowest BCUT2D eigenvalue weighted by molar-refractivity contribution is 0.0486. The summed E-state index contributed by atoms with van der Waals surface area (Å²) in [6, 6.07) is 7.38. The molecular formula is C20H29NO4. The smallest absolute Gasteiger partial charge is 0.407 e. The molecule has 1 aliphatic carbocycles. The molecule has 25 heavy (non-hydrogen) atoms. The van der Waals surface area contributed by atoms with Gasteiger partial charge in [0.25, 0.3) is 0 Å². The van der Waals surface area contributed by atoms with Crippen molar-refractivity contribution < 1.29 is 19.4 Å². The topological polar surface area (TPSA) is 75.6 Å². The van der Waals surface area contributed by atoms with Crippen LogP contribution in [0, 0.1) is 5.92 Å². The molecule has 2 N–H and O–H groups in total. The number of nitrogens with one attached hydrogen (secondary N) is 1. The van der Waals surface area contributed by atoms with Crippen LogP contribution in [0.25, 0.3) is 0 Å². The molecule has 0 spiro atoms. The molecule has 0 bridgehead atoms. The van der Waals surface area contributed by atoms with E-state index in [1.807, 2.05) is 26.8 Å². The number of alkyl carbamates (subject to hydrolysis) is 1. The lowest BCUT2D eigenvalue weighted by Gasteiger charge is -2.30. The summed E-state index contributed by atoms with van der Waals surface area (Å²) in [4.78, 5) is 22.9. The first-order valence-electron chi connectivity index (χ1n) is 9.04. The van der Waals surface area contributed by atoms with Crippen LogP contribution in [0.1, 0.15) is 68.8 Å². The Morgan fingerprint density at radius 3 is 2.48 bits per heavy atom. The molecular weight excluding hydrogens is 318 g/mol. The van der Waals surface area contributed by atoms with Crippen molar-refractivity contribution in [1.82, 2.24) is 5.32 Å². The maximum atomic E-state index is 11.8. The monoisotopic (exact) mass is 347 g/mol. The second-order valence-electron chi connectivity index (χ2n) is 7.91. The van der Waals surface area contributed by atoms with E-state index in [2.05, 4.69) is 5.32 Å². The summed E-state index contributed by atoms with van der Waals surface area (Å²) in [7, 11) is 0. The molecule has 0 radical (unpaired) electrons. The van der Waals surface area contributed by atoms with Crippen LogP contribution in [0.3, 0.4) is 0 Å². The van der Waals surface area contributed by atoms with Gasteiger partial charge in [0.15, 0.2) is 0 Å². The van der Waals surface area contributed by atoms with Crippen LogP contribution in [0.4, 0.5) is 4.79 Å². The second-order valence-corrected chi connectivity index (χ2v) is 7.91. The normalized spacial score (nSPS) is 20.8. The van der Waals surface area contributed by atoms with Crippen LogP contribution in [0.15, 0.2) is 24.3 Å². The van der Waals surface area contributed by atoms with Gasteiger partial charge in [-0.05, 0) is 82.9 Å². The van der Waals surface area contributed by atoms with E-state index in [4.69, 9.17) is 9.84 Å². The minimum absolute atomic E-state index is 0.196. The van der Waals surface area contributed by atoms with E-state index >= 15 is 0 Å². The number of hydrogen-bond donors (Lipinski definition) is 2. The second kappa shape index (κ2) is 8.37. The zero-order valence-electron chi connectivity index (χ0n) is 15.4. The van der Waals surface area contributed by atoms with Crippen LogP contribution in [0.5, 0.6) is 0 Å². The van der Waals surface area contributed by atoms with Crippen LogP contribution >= 0.6 is 0 Å². The number of amides is 1. The molecule has 138 valence electrons. The van der Waals surface area contributed by atoms with E-state index in [-0.39, 0.29) is 12.1 Å². The first-order chi connectivity index (χ1) is 11.7. The molecule has 2 rings (SSSR count). The van der Waals surface area contributed by atoms with Crippen molar-refractivity contribution in [3.8, 4) is 0 Å². The van der Waals surface area contributed by atoms with E-state index in [0.29, 0.717) is 11.5 Å². The fourth-order valence-electron chi connectivity index (χ4n) is 3.30. The minimum atomic E-state index is -0.879.